The minimum absolute atomic E-state index is 0.0714. The molecule has 2 heterocycles. The van der Waals surface area contributed by atoms with Crippen LogP contribution in [0.5, 0.6) is 5.75 Å². The number of amides is 2. The predicted octanol–water partition coefficient (Wildman–Crippen LogP) is 4.09. The average Bonchev–Trinajstić information content (AvgIpc) is 2.87. The standard InChI is InChI=1S/C25H25ClN4O4S/c1-34-21-9-5-8-20(16-21)30-25(31)29(17-18-6-3-2-4-7-18)23-15-19(26)14-22(24(23)35(30,32)33)28-12-10-27-11-13-28/h2-9,14-16,27H,10-13,17H2,1H3. The summed E-state index contributed by atoms with van der Waals surface area (Å²) in [5, 5.41) is 3.65. The molecule has 8 nitrogen and oxygen atoms in total. The number of anilines is 3. The number of carbonyl (C=O) groups is 1. The van der Waals surface area contributed by atoms with Gasteiger partial charge in [0.25, 0.3) is 10.0 Å². The largest absolute Gasteiger partial charge is 0.497 e. The summed E-state index contributed by atoms with van der Waals surface area (Å²) >= 11 is 6.50. The van der Waals surface area contributed by atoms with Crippen molar-refractivity contribution in [1.29, 1.82) is 0 Å². The smallest absolute Gasteiger partial charge is 0.343 e. The summed E-state index contributed by atoms with van der Waals surface area (Å²) in [6.45, 7) is 2.85. The third-order valence-corrected chi connectivity index (χ3v) is 8.14. The fourth-order valence-corrected chi connectivity index (χ4v) is 6.45. The molecule has 1 saturated heterocycles. The highest BCUT2D eigenvalue weighted by atomic mass is 35.5. The highest BCUT2D eigenvalue weighted by molar-refractivity contribution is 7.94. The van der Waals surface area contributed by atoms with E-state index in [1.807, 2.05) is 35.2 Å². The molecule has 2 amide bonds. The number of piperazine rings is 1. The van der Waals surface area contributed by atoms with E-state index in [0.717, 1.165) is 9.87 Å². The van der Waals surface area contributed by atoms with Gasteiger partial charge in [-0.1, -0.05) is 48.0 Å². The Hall–Kier alpha value is -3.27. The van der Waals surface area contributed by atoms with E-state index in [2.05, 4.69) is 5.32 Å². The van der Waals surface area contributed by atoms with Gasteiger partial charge in [0, 0.05) is 37.3 Å². The Kier molecular flexibility index (Phi) is 6.31. The van der Waals surface area contributed by atoms with Gasteiger partial charge >= 0.3 is 6.03 Å². The van der Waals surface area contributed by atoms with Crippen molar-refractivity contribution in [1.82, 2.24) is 5.32 Å². The summed E-state index contributed by atoms with van der Waals surface area (Å²) in [5.74, 6) is 0.448. The minimum atomic E-state index is -4.27. The molecule has 0 radical (unpaired) electrons. The number of hydrogen-bond donors (Lipinski definition) is 1. The number of halogens is 1. The zero-order valence-corrected chi connectivity index (χ0v) is 20.7. The summed E-state index contributed by atoms with van der Waals surface area (Å²) in [5.41, 5.74) is 1.84. The Bertz CT molecular complexity index is 1360. The molecule has 182 valence electrons. The van der Waals surface area contributed by atoms with Crippen LogP contribution in [0.3, 0.4) is 0 Å². The molecule has 0 bridgehead atoms. The van der Waals surface area contributed by atoms with Crippen LogP contribution in [-0.2, 0) is 16.6 Å². The molecule has 3 aromatic rings. The molecule has 0 saturated carbocycles. The lowest BCUT2D eigenvalue weighted by atomic mass is 10.1. The molecular weight excluding hydrogens is 488 g/mol. The first-order valence-corrected chi connectivity index (χ1v) is 13.1. The van der Waals surface area contributed by atoms with Crippen molar-refractivity contribution >= 4 is 44.7 Å². The third-order valence-electron chi connectivity index (χ3n) is 6.14. The van der Waals surface area contributed by atoms with E-state index in [0.29, 0.717) is 42.6 Å². The zero-order valence-electron chi connectivity index (χ0n) is 19.1. The summed E-state index contributed by atoms with van der Waals surface area (Å²) in [4.78, 5) is 17.4. The lowest BCUT2D eigenvalue weighted by Crippen LogP contribution is -2.52. The van der Waals surface area contributed by atoms with Crippen LogP contribution in [0.25, 0.3) is 0 Å². The van der Waals surface area contributed by atoms with Crippen LogP contribution in [0.4, 0.5) is 21.9 Å². The number of rotatable bonds is 5. The summed E-state index contributed by atoms with van der Waals surface area (Å²) in [6, 6.07) is 18.5. The van der Waals surface area contributed by atoms with Gasteiger partial charge in [-0.05, 0) is 29.8 Å². The van der Waals surface area contributed by atoms with E-state index in [-0.39, 0.29) is 22.8 Å². The Balaban J connectivity index is 1.74. The van der Waals surface area contributed by atoms with Crippen LogP contribution in [0.1, 0.15) is 5.56 Å². The van der Waals surface area contributed by atoms with Crippen molar-refractivity contribution in [3.05, 3.63) is 77.3 Å². The van der Waals surface area contributed by atoms with Crippen molar-refractivity contribution in [2.75, 3.05) is 47.4 Å². The quantitative estimate of drug-likeness (QED) is 0.554. The lowest BCUT2D eigenvalue weighted by molar-refractivity contribution is 0.253. The Labute approximate surface area is 209 Å². The number of fused-ring (bicyclic) bond motifs is 1. The number of hydrogen-bond acceptors (Lipinski definition) is 6. The van der Waals surface area contributed by atoms with Gasteiger partial charge in [-0.15, -0.1) is 0 Å². The number of benzene rings is 3. The Morgan fingerprint density at radius 1 is 0.971 bits per heavy atom. The van der Waals surface area contributed by atoms with E-state index in [1.54, 1.807) is 36.4 Å². The first-order valence-electron chi connectivity index (χ1n) is 11.2. The molecule has 0 atom stereocenters. The van der Waals surface area contributed by atoms with Gasteiger partial charge < -0.3 is 15.0 Å². The van der Waals surface area contributed by atoms with Crippen LogP contribution in [0.15, 0.2) is 71.6 Å². The van der Waals surface area contributed by atoms with E-state index in [1.165, 1.54) is 12.0 Å². The number of sulfonamides is 1. The molecule has 10 heteroatoms. The van der Waals surface area contributed by atoms with Crippen LogP contribution in [0.2, 0.25) is 5.02 Å². The van der Waals surface area contributed by atoms with Gasteiger partial charge in [-0.25, -0.2) is 13.2 Å². The van der Waals surface area contributed by atoms with Crippen molar-refractivity contribution in [2.45, 2.75) is 11.4 Å². The number of nitrogens with zero attached hydrogens (tertiary/aromatic N) is 3. The topological polar surface area (TPSA) is 82.2 Å². The minimum Gasteiger partial charge on any atom is -0.497 e. The fraction of sp³-hybridized carbons (Fsp3) is 0.240. The van der Waals surface area contributed by atoms with E-state index < -0.39 is 16.1 Å². The highest BCUT2D eigenvalue weighted by Gasteiger charge is 2.45. The van der Waals surface area contributed by atoms with Gasteiger partial charge in [0.15, 0.2) is 0 Å². The van der Waals surface area contributed by atoms with Crippen LogP contribution >= 0.6 is 11.6 Å². The van der Waals surface area contributed by atoms with Crippen LogP contribution < -0.4 is 24.2 Å². The summed E-state index contributed by atoms with van der Waals surface area (Å²) in [6.07, 6.45) is 0. The van der Waals surface area contributed by atoms with E-state index >= 15 is 0 Å². The van der Waals surface area contributed by atoms with Crippen molar-refractivity contribution in [3.63, 3.8) is 0 Å². The monoisotopic (exact) mass is 512 g/mol. The molecule has 0 spiro atoms. The highest BCUT2D eigenvalue weighted by Crippen LogP contribution is 2.45. The molecule has 3 aromatic carbocycles. The SMILES string of the molecule is COc1cccc(N2C(=O)N(Cc3ccccc3)c3cc(Cl)cc(N4CCNCC4)c3S2(=O)=O)c1. The first-order chi connectivity index (χ1) is 16.9. The Morgan fingerprint density at radius 2 is 1.69 bits per heavy atom. The van der Waals surface area contributed by atoms with Crippen molar-refractivity contribution in [2.24, 2.45) is 0 Å². The maximum Gasteiger partial charge on any atom is 0.343 e. The number of carbonyl (C=O) groups excluding carboxylic acids is 1. The maximum atomic E-state index is 14.1. The normalized spacial score (nSPS) is 17.3. The third kappa shape index (κ3) is 4.31. The Morgan fingerprint density at radius 3 is 2.40 bits per heavy atom. The lowest BCUT2D eigenvalue weighted by Gasteiger charge is -2.39. The fourth-order valence-electron chi connectivity index (χ4n) is 4.48. The van der Waals surface area contributed by atoms with Crippen molar-refractivity contribution < 1.29 is 17.9 Å². The maximum absolute atomic E-state index is 14.1. The summed E-state index contributed by atoms with van der Waals surface area (Å²) < 4.78 is 34.4. The second-order valence-corrected chi connectivity index (χ2v) is 10.5. The molecule has 0 aromatic heterocycles. The molecule has 0 unspecified atom stereocenters. The van der Waals surface area contributed by atoms with Crippen molar-refractivity contribution in [3.8, 4) is 5.75 Å². The number of urea groups is 1. The molecule has 35 heavy (non-hydrogen) atoms. The first kappa shape index (κ1) is 23.5. The molecule has 1 fully saturated rings. The molecule has 1 N–H and O–H groups in total. The molecule has 2 aliphatic heterocycles. The zero-order chi connectivity index (χ0) is 24.6. The van der Waals surface area contributed by atoms with Gasteiger partial charge in [-0.3, -0.25) is 4.90 Å². The molecule has 2 aliphatic rings. The van der Waals surface area contributed by atoms with E-state index in [4.69, 9.17) is 16.3 Å². The van der Waals surface area contributed by atoms with Gasteiger partial charge in [0.2, 0.25) is 0 Å². The molecular formula is C25H25ClN4O4S. The molecule has 0 aliphatic carbocycles. The van der Waals surface area contributed by atoms with Gasteiger partial charge in [-0.2, -0.15) is 4.31 Å². The number of nitrogens with one attached hydrogen (secondary N) is 1. The van der Waals surface area contributed by atoms with Gasteiger partial charge in [0.05, 0.1) is 30.7 Å². The second-order valence-electron chi connectivity index (χ2n) is 8.34. The number of ether oxygens (including phenoxy) is 1. The van der Waals surface area contributed by atoms with Gasteiger partial charge in [0.1, 0.15) is 10.6 Å². The number of methoxy groups -OCH3 is 1. The predicted molar refractivity (Wildman–Crippen MR) is 137 cm³/mol. The van der Waals surface area contributed by atoms with Crippen LogP contribution in [0, 0.1) is 0 Å². The van der Waals surface area contributed by atoms with Crippen LogP contribution in [-0.4, -0.2) is 47.7 Å². The second kappa shape index (κ2) is 9.41. The molecule has 5 rings (SSSR count). The average molecular weight is 513 g/mol. The summed E-state index contributed by atoms with van der Waals surface area (Å²) in [7, 11) is -2.77. The van der Waals surface area contributed by atoms with E-state index in [9.17, 15) is 13.2 Å².